The first-order valence-corrected chi connectivity index (χ1v) is 9.03. The molecule has 2 fully saturated rings. The Labute approximate surface area is 140 Å². The Morgan fingerprint density at radius 1 is 1.26 bits per heavy atom. The lowest BCUT2D eigenvalue weighted by Crippen LogP contribution is -2.29. The third kappa shape index (κ3) is 3.16. The number of hydrogen-bond acceptors (Lipinski definition) is 4. The van der Waals surface area contributed by atoms with Crippen LogP contribution in [0.5, 0.6) is 0 Å². The van der Waals surface area contributed by atoms with Gasteiger partial charge in [0, 0.05) is 42.5 Å². The van der Waals surface area contributed by atoms with Gasteiger partial charge < -0.3 is 5.73 Å². The molecule has 1 amide bonds. The highest BCUT2D eigenvalue weighted by Gasteiger charge is 2.37. The maximum absolute atomic E-state index is 11.9. The maximum Gasteiger partial charge on any atom is 0.222 e. The zero-order valence-corrected chi connectivity index (χ0v) is 13.8. The van der Waals surface area contributed by atoms with Crippen molar-refractivity contribution >= 4 is 17.2 Å². The molecule has 2 atom stereocenters. The summed E-state index contributed by atoms with van der Waals surface area (Å²) in [7, 11) is 0. The smallest absolute Gasteiger partial charge is 0.222 e. The molecule has 0 bridgehead atoms. The van der Waals surface area contributed by atoms with Crippen LogP contribution in [0.4, 0.5) is 0 Å². The lowest BCUT2D eigenvalue weighted by molar-refractivity contribution is -0.121. The van der Waals surface area contributed by atoms with Crippen LogP contribution in [0.25, 0.3) is 0 Å². The summed E-state index contributed by atoms with van der Waals surface area (Å²) >= 11 is 1.83. The van der Waals surface area contributed by atoms with Gasteiger partial charge in [0.1, 0.15) is 0 Å². The molecule has 0 unspecified atom stereocenters. The minimum atomic E-state index is -0.190. The van der Waals surface area contributed by atoms with Crippen molar-refractivity contribution in [3.05, 3.63) is 52.0 Å². The molecule has 4 nitrogen and oxygen atoms in total. The summed E-state index contributed by atoms with van der Waals surface area (Å²) < 4.78 is 0. The van der Waals surface area contributed by atoms with Crippen LogP contribution in [0.1, 0.15) is 40.1 Å². The Bertz CT molecular complexity index is 695. The molecule has 2 aromatic rings. The Hall–Kier alpha value is -1.72. The van der Waals surface area contributed by atoms with Gasteiger partial charge in [-0.1, -0.05) is 30.3 Å². The first kappa shape index (κ1) is 14.8. The fraction of sp³-hybridized carbons (Fsp3) is 0.444. The van der Waals surface area contributed by atoms with Crippen molar-refractivity contribution in [1.29, 1.82) is 0 Å². The maximum atomic E-state index is 11.9. The minimum Gasteiger partial charge on any atom is -0.369 e. The highest BCUT2D eigenvalue weighted by molar-refractivity contribution is 7.11. The van der Waals surface area contributed by atoms with Gasteiger partial charge >= 0.3 is 0 Å². The number of amides is 1. The Balaban J connectivity index is 1.48. The third-order valence-corrected chi connectivity index (χ3v) is 6.01. The van der Waals surface area contributed by atoms with E-state index in [-0.39, 0.29) is 17.7 Å². The van der Waals surface area contributed by atoms with Crippen LogP contribution in [0.2, 0.25) is 0 Å². The number of rotatable bonds is 5. The van der Waals surface area contributed by atoms with E-state index < -0.39 is 0 Å². The predicted molar refractivity (Wildman–Crippen MR) is 91.2 cm³/mol. The van der Waals surface area contributed by atoms with Gasteiger partial charge in [-0.3, -0.25) is 9.69 Å². The topological polar surface area (TPSA) is 59.2 Å². The van der Waals surface area contributed by atoms with E-state index in [1.165, 1.54) is 28.3 Å². The van der Waals surface area contributed by atoms with Gasteiger partial charge in [0.15, 0.2) is 0 Å². The molecule has 1 aromatic heterocycles. The summed E-state index contributed by atoms with van der Waals surface area (Å²) in [6.45, 7) is 2.50. The van der Waals surface area contributed by atoms with Crippen molar-refractivity contribution < 1.29 is 4.79 Å². The van der Waals surface area contributed by atoms with Crippen molar-refractivity contribution in [3.63, 3.8) is 0 Å². The SMILES string of the molecule is NC(=O)[C@@H]1CN(Cc2cnc(C3CC3)s2)C[C@H]1c1ccccc1. The Kier molecular flexibility index (Phi) is 3.91. The van der Waals surface area contributed by atoms with Crippen LogP contribution in [0, 0.1) is 5.92 Å². The summed E-state index contributed by atoms with van der Waals surface area (Å²) in [6, 6.07) is 10.3. The molecule has 0 spiro atoms. The van der Waals surface area contributed by atoms with E-state index >= 15 is 0 Å². The zero-order valence-electron chi connectivity index (χ0n) is 13.0. The van der Waals surface area contributed by atoms with Gasteiger partial charge in [-0.2, -0.15) is 0 Å². The summed E-state index contributed by atoms with van der Waals surface area (Å²) in [4.78, 5) is 20.1. The predicted octanol–water partition coefficient (Wildman–Crippen LogP) is 2.72. The van der Waals surface area contributed by atoms with Crippen LogP contribution in [-0.4, -0.2) is 28.9 Å². The molecule has 2 aliphatic rings. The second kappa shape index (κ2) is 6.06. The molecule has 2 heterocycles. The summed E-state index contributed by atoms with van der Waals surface area (Å²) in [5.74, 6) is 0.616. The molecule has 1 saturated heterocycles. The Morgan fingerprint density at radius 3 is 2.74 bits per heavy atom. The molecule has 5 heteroatoms. The van der Waals surface area contributed by atoms with Gasteiger partial charge in [0.05, 0.1) is 10.9 Å². The van der Waals surface area contributed by atoms with Gasteiger partial charge in [-0.15, -0.1) is 11.3 Å². The number of benzene rings is 1. The number of nitrogens with two attached hydrogens (primary N) is 1. The lowest BCUT2D eigenvalue weighted by atomic mass is 9.89. The molecule has 1 aliphatic heterocycles. The molecule has 4 rings (SSSR count). The fourth-order valence-corrected chi connectivity index (χ4v) is 4.60. The molecule has 1 aliphatic carbocycles. The zero-order chi connectivity index (χ0) is 15.8. The second-order valence-corrected chi connectivity index (χ2v) is 7.81. The molecular weight excluding hydrogens is 306 g/mol. The Morgan fingerprint density at radius 2 is 2.04 bits per heavy atom. The minimum absolute atomic E-state index is 0.103. The fourth-order valence-electron chi connectivity index (χ4n) is 3.48. The second-order valence-electron chi connectivity index (χ2n) is 6.66. The normalized spacial score (nSPS) is 24.9. The summed E-state index contributed by atoms with van der Waals surface area (Å²) in [5, 5.41) is 1.28. The summed E-state index contributed by atoms with van der Waals surface area (Å²) in [5.41, 5.74) is 6.87. The average molecular weight is 327 g/mol. The lowest BCUT2D eigenvalue weighted by Gasteiger charge is -2.15. The average Bonchev–Trinajstić information content (AvgIpc) is 3.15. The van der Waals surface area contributed by atoms with E-state index in [2.05, 4.69) is 22.0 Å². The van der Waals surface area contributed by atoms with Crippen molar-refractivity contribution in [1.82, 2.24) is 9.88 Å². The van der Waals surface area contributed by atoms with Crippen molar-refractivity contribution in [2.24, 2.45) is 11.7 Å². The number of primary amides is 1. The van der Waals surface area contributed by atoms with Crippen LogP contribution >= 0.6 is 11.3 Å². The van der Waals surface area contributed by atoms with Crippen molar-refractivity contribution in [2.45, 2.75) is 31.2 Å². The van der Waals surface area contributed by atoms with Crippen molar-refractivity contribution in [2.75, 3.05) is 13.1 Å². The highest BCUT2D eigenvalue weighted by Crippen LogP contribution is 2.42. The quantitative estimate of drug-likeness (QED) is 0.918. The van der Waals surface area contributed by atoms with Crippen LogP contribution < -0.4 is 5.73 Å². The molecule has 2 N–H and O–H groups in total. The van der Waals surface area contributed by atoms with E-state index in [4.69, 9.17) is 5.73 Å². The van der Waals surface area contributed by atoms with E-state index in [9.17, 15) is 4.79 Å². The molecule has 23 heavy (non-hydrogen) atoms. The number of hydrogen-bond donors (Lipinski definition) is 1. The molecule has 0 radical (unpaired) electrons. The highest BCUT2D eigenvalue weighted by atomic mass is 32.1. The molecular formula is C18H21N3OS. The number of likely N-dealkylation sites (tertiary alicyclic amines) is 1. The van der Waals surface area contributed by atoms with Gasteiger partial charge in [0.2, 0.25) is 5.91 Å². The van der Waals surface area contributed by atoms with Gasteiger partial charge in [-0.05, 0) is 18.4 Å². The van der Waals surface area contributed by atoms with Crippen LogP contribution in [-0.2, 0) is 11.3 Å². The van der Waals surface area contributed by atoms with E-state index in [0.29, 0.717) is 5.92 Å². The monoisotopic (exact) mass is 327 g/mol. The number of carbonyl (C=O) groups excluding carboxylic acids is 1. The van der Waals surface area contributed by atoms with Crippen molar-refractivity contribution in [3.8, 4) is 0 Å². The van der Waals surface area contributed by atoms with E-state index in [1.54, 1.807) is 0 Å². The largest absolute Gasteiger partial charge is 0.369 e. The molecule has 1 aromatic carbocycles. The molecule has 1 saturated carbocycles. The van der Waals surface area contributed by atoms with E-state index in [1.807, 2.05) is 35.7 Å². The molecule has 120 valence electrons. The number of nitrogens with zero attached hydrogens (tertiary/aromatic N) is 2. The summed E-state index contributed by atoms with van der Waals surface area (Å²) in [6.07, 6.45) is 4.58. The third-order valence-electron chi connectivity index (χ3n) is 4.87. The number of carbonyl (C=O) groups is 1. The van der Waals surface area contributed by atoms with Crippen LogP contribution in [0.3, 0.4) is 0 Å². The standard InChI is InChI=1S/C18H21N3OS/c19-17(22)16-11-21(10-15(16)12-4-2-1-3-5-12)9-14-8-20-18(23-14)13-6-7-13/h1-5,8,13,15-16H,6-7,9-11H2,(H2,19,22)/t15-,16+/m0/s1. The number of aromatic nitrogens is 1. The van der Waals surface area contributed by atoms with Gasteiger partial charge in [-0.25, -0.2) is 4.98 Å². The first-order valence-electron chi connectivity index (χ1n) is 8.22. The van der Waals surface area contributed by atoms with Gasteiger partial charge in [0.25, 0.3) is 0 Å². The van der Waals surface area contributed by atoms with E-state index in [0.717, 1.165) is 19.6 Å². The number of thiazole rings is 1. The first-order chi connectivity index (χ1) is 11.2. The van der Waals surface area contributed by atoms with Crippen LogP contribution in [0.15, 0.2) is 36.5 Å².